The topological polar surface area (TPSA) is 58.6 Å². The van der Waals surface area contributed by atoms with E-state index >= 15 is 0 Å². The number of alkyl carbamates (subject to hydrolysis) is 1. The van der Waals surface area contributed by atoms with Crippen LogP contribution in [0, 0.1) is 0 Å². The number of hydrogen-bond acceptors (Lipinski definition) is 3. The molecule has 0 atom stereocenters. The summed E-state index contributed by atoms with van der Waals surface area (Å²) in [4.78, 5) is 11.3. The fraction of sp³-hybridized carbons (Fsp3) is 0.917. The van der Waals surface area contributed by atoms with Crippen LogP contribution < -0.4 is 5.32 Å². The summed E-state index contributed by atoms with van der Waals surface area (Å²) in [7, 11) is 0. The number of carbonyl (C=O) groups excluding carboxylic acids is 1. The molecule has 0 radical (unpaired) electrons. The summed E-state index contributed by atoms with van der Waals surface area (Å²) in [6.07, 6.45) is 1.45. The number of ether oxygens (including phenoxy) is 1. The van der Waals surface area contributed by atoms with Crippen molar-refractivity contribution < 1.29 is 23.4 Å². The van der Waals surface area contributed by atoms with Crippen LogP contribution in [0.15, 0.2) is 0 Å². The Morgan fingerprint density at radius 2 is 1.94 bits per heavy atom. The second-order valence-corrected chi connectivity index (χ2v) is 4.67. The maximum absolute atomic E-state index is 12.9. The van der Waals surface area contributed by atoms with Gasteiger partial charge in [0.15, 0.2) is 0 Å². The van der Waals surface area contributed by atoms with E-state index in [-0.39, 0.29) is 38.4 Å². The van der Waals surface area contributed by atoms with Crippen molar-refractivity contribution in [2.24, 2.45) is 0 Å². The molecule has 0 saturated heterocycles. The van der Waals surface area contributed by atoms with Gasteiger partial charge >= 0.3 is 6.09 Å². The van der Waals surface area contributed by atoms with Gasteiger partial charge < -0.3 is 15.2 Å². The van der Waals surface area contributed by atoms with Crippen LogP contribution in [0.1, 0.15) is 44.9 Å². The zero-order valence-corrected chi connectivity index (χ0v) is 10.5. The summed E-state index contributed by atoms with van der Waals surface area (Å²) in [5.74, 6) is -2.60. The first kappa shape index (κ1) is 15.1. The number of aliphatic hydroxyl groups excluding tert-OH is 1. The van der Waals surface area contributed by atoms with Crippen molar-refractivity contribution in [3.63, 3.8) is 0 Å². The molecular weight excluding hydrogens is 244 g/mol. The molecule has 0 spiro atoms. The van der Waals surface area contributed by atoms with E-state index in [0.717, 1.165) is 12.8 Å². The van der Waals surface area contributed by atoms with Crippen molar-refractivity contribution in [3.8, 4) is 0 Å². The Morgan fingerprint density at radius 1 is 1.28 bits per heavy atom. The molecule has 18 heavy (non-hydrogen) atoms. The Morgan fingerprint density at radius 3 is 2.56 bits per heavy atom. The number of aliphatic hydroxyl groups is 1. The van der Waals surface area contributed by atoms with Gasteiger partial charge in [-0.2, -0.15) is 0 Å². The van der Waals surface area contributed by atoms with Gasteiger partial charge in [-0.3, -0.25) is 0 Å². The molecule has 0 aromatic carbocycles. The molecule has 1 rings (SSSR count). The van der Waals surface area contributed by atoms with Crippen LogP contribution in [-0.2, 0) is 4.74 Å². The molecule has 1 fully saturated rings. The van der Waals surface area contributed by atoms with E-state index in [1.807, 2.05) is 0 Å². The number of carbonyl (C=O) groups is 1. The molecule has 2 N–H and O–H groups in total. The van der Waals surface area contributed by atoms with E-state index in [0.29, 0.717) is 13.0 Å². The SMILES string of the molecule is O=C(NCCCCCO)OC1CCC(F)(F)CC1. The average Bonchev–Trinajstić information content (AvgIpc) is 2.32. The van der Waals surface area contributed by atoms with Crippen molar-refractivity contribution in [1.82, 2.24) is 5.32 Å². The highest BCUT2D eigenvalue weighted by atomic mass is 19.3. The average molecular weight is 265 g/mol. The lowest BCUT2D eigenvalue weighted by atomic mass is 9.94. The van der Waals surface area contributed by atoms with Crippen LogP contribution in [0.25, 0.3) is 0 Å². The quantitative estimate of drug-likeness (QED) is 0.725. The Labute approximate surface area is 106 Å². The highest BCUT2D eigenvalue weighted by Gasteiger charge is 2.36. The van der Waals surface area contributed by atoms with Crippen LogP contribution in [0.4, 0.5) is 13.6 Å². The van der Waals surface area contributed by atoms with Gasteiger partial charge in [0.05, 0.1) is 0 Å². The van der Waals surface area contributed by atoms with Crippen LogP contribution in [0.3, 0.4) is 0 Å². The van der Waals surface area contributed by atoms with Crippen molar-refractivity contribution in [3.05, 3.63) is 0 Å². The largest absolute Gasteiger partial charge is 0.446 e. The van der Waals surface area contributed by atoms with E-state index in [1.165, 1.54) is 0 Å². The minimum atomic E-state index is -2.60. The second-order valence-electron chi connectivity index (χ2n) is 4.67. The van der Waals surface area contributed by atoms with Crippen LogP contribution in [-0.4, -0.2) is 36.4 Å². The van der Waals surface area contributed by atoms with Crippen LogP contribution in [0.2, 0.25) is 0 Å². The molecule has 0 aromatic heterocycles. The number of hydrogen-bond donors (Lipinski definition) is 2. The molecule has 0 unspecified atom stereocenters. The highest BCUT2D eigenvalue weighted by Crippen LogP contribution is 2.34. The summed E-state index contributed by atoms with van der Waals surface area (Å²) in [5.41, 5.74) is 0. The molecule has 0 heterocycles. The molecule has 1 saturated carbocycles. The van der Waals surface area contributed by atoms with Gasteiger partial charge in [0.25, 0.3) is 0 Å². The molecule has 1 aliphatic carbocycles. The van der Waals surface area contributed by atoms with Gasteiger partial charge in [-0.25, -0.2) is 13.6 Å². The van der Waals surface area contributed by atoms with Gasteiger partial charge in [-0.05, 0) is 32.1 Å². The van der Waals surface area contributed by atoms with Crippen molar-refractivity contribution >= 4 is 6.09 Å². The molecule has 1 aliphatic rings. The van der Waals surface area contributed by atoms with Gasteiger partial charge in [0.2, 0.25) is 5.92 Å². The number of alkyl halides is 2. The lowest BCUT2D eigenvalue weighted by molar-refractivity contribution is -0.0655. The highest BCUT2D eigenvalue weighted by molar-refractivity contribution is 5.67. The Hall–Kier alpha value is -0.910. The molecule has 106 valence electrons. The van der Waals surface area contributed by atoms with E-state index in [1.54, 1.807) is 0 Å². The van der Waals surface area contributed by atoms with Crippen molar-refractivity contribution in [2.75, 3.05) is 13.2 Å². The number of nitrogens with one attached hydrogen (secondary N) is 1. The Kier molecular flexibility index (Phi) is 6.32. The van der Waals surface area contributed by atoms with E-state index < -0.39 is 12.0 Å². The van der Waals surface area contributed by atoms with Crippen molar-refractivity contribution in [2.45, 2.75) is 57.0 Å². The molecule has 0 aliphatic heterocycles. The number of halogens is 2. The fourth-order valence-corrected chi connectivity index (χ4v) is 1.93. The minimum absolute atomic E-state index is 0.154. The van der Waals surface area contributed by atoms with Crippen LogP contribution >= 0.6 is 0 Å². The zero-order chi connectivity index (χ0) is 13.4. The summed E-state index contributed by atoms with van der Waals surface area (Å²) < 4.78 is 30.8. The fourth-order valence-electron chi connectivity index (χ4n) is 1.93. The third-order valence-corrected chi connectivity index (χ3v) is 3.04. The monoisotopic (exact) mass is 265 g/mol. The molecular formula is C12H21F2NO3. The van der Waals surface area contributed by atoms with Crippen molar-refractivity contribution in [1.29, 1.82) is 0 Å². The minimum Gasteiger partial charge on any atom is -0.446 e. The summed E-state index contributed by atoms with van der Waals surface area (Å²) in [6, 6.07) is 0. The predicted octanol–water partition coefficient (Wildman–Crippen LogP) is 2.45. The zero-order valence-electron chi connectivity index (χ0n) is 10.5. The lowest BCUT2D eigenvalue weighted by Gasteiger charge is -2.27. The third kappa shape index (κ3) is 6.14. The molecule has 6 heteroatoms. The van der Waals surface area contributed by atoms with Crippen LogP contribution in [0.5, 0.6) is 0 Å². The van der Waals surface area contributed by atoms with Gasteiger partial charge in [0.1, 0.15) is 6.10 Å². The number of amides is 1. The first-order valence-corrected chi connectivity index (χ1v) is 6.47. The maximum atomic E-state index is 12.9. The number of unbranched alkanes of at least 4 members (excludes halogenated alkanes) is 2. The Balaban J connectivity index is 2.06. The molecule has 4 nitrogen and oxygen atoms in total. The first-order chi connectivity index (χ1) is 8.53. The molecule has 0 aromatic rings. The summed E-state index contributed by atoms with van der Waals surface area (Å²) in [6.45, 7) is 0.641. The molecule has 0 bridgehead atoms. The van der Waals surface area contributed by atoms with Gasteiger partial charge in [0, 0.05) is 26.0 Å². The van der Waals surface area contributed by atoms with E-state index in [9.17, 15) is 13.6 Å². The number of rotatable bonds is 6. The summed E-state index contributed by atoms with van der Waals surface area (Å²) in [5, 5.41) is 11.1. The summed E-state index contributed by atoms with van der Waals surface area (Å²) >= 11 is 0. The third-order valence-electron chi connectivity index (χ3n) is 3.04. The maximum Gasteiger partial charge on any atom is 0.407 e. The van der Waals surface area contributed by atoms with E-state index in [2.05, 4.69) is 5.32 Å². The standard InChI is InChI=1S/C12H21F2NO3/c13-12(14)6-4-10(5-7-12)18-11(17)15-8-2-1-3-9-16/h10,16H,1-9H2,(H,15,17). The molecule has 1 amide bonds. The smallest absolute Gasteiger partial charge is 0.407 e. The van der Waals surface area contributed by atoms with Gasteiger partial charge in [-0.1, -0.05) is 0 Å². The van der Waals surface area contributed by atoms with E-state index in [4.69, 9.17) is 9.84 Å². The first-order valence-electron chi connectivity index (χ1n) is 6.47. The normalized spacial score (nSPS) is 19.5. The predicted molar refractivity (Wildman–Crippen MR) is 62.6 cm³/mol. The Bertz CT molecular complexity index is 252. The van der Waals surface area contributed by atoms with Gasteiger partial charge in [-0.15, -0.1) is 0 Å². The second kappa shape index (κ2) is 7.51. The lowest BCUT2D eigenvalue weighted by Crippen LogP contribution is -2.34.